The Morgan fingerprint density at radius 2 is 0.312 bits per heavy atom. The number of benzene rings is 10. The van der Waals surface area contributed by atoms with Crippen LogP contribution in [0.2, 0.25) is 0 Å². The lowest BCUT2D eigenvalue weighted by atomic mass is 9.70. The molecule has 0 amide bonds. The van der Waals surface area contributed by atoms with Gasteiger partial charge in [-0.25, -0.2) is 0 Å². The normalized spacial score (nSPS) is 11.6. The van der Waals surface area contributed by atoms with Crippen LogP contribution < -0.4 is 0 Å². The summed E-state index contributed by atoms with van der Waals surface area (Å²) in [5.41, 5.74) is 25.9. The first-order chi connectivity index (χ1) is 36.8. The monoisotopic (exact) mass is 1000 g/mol. The Morgan fingerprint density at radius 3 is 0.494 bits per heavy atom. The zero-order chi connectivity index (χ0) is 54.9. The summed E-state index contributed by atoms with van der Waals surface area (Å²) < 4.78 is 0. The molecule has 0 nitrogen and oxygen atoms in total. The fraction of sp³-hybridized carbons (Fsp3) is 0.221. The van der Waals surface area contributed by atoms with E-state index in [2.05, 4.69) is 333 Å². The second kappa shape index (κ2) is 24.0. The molecule has 0 aliphatic rings. The van der Waals surface area contributed by atoms with Crippen LogP contribution in [0.5, 0.6) is 0 Å². The fourth-order valence-electron chi connectivity index (χ4n) is 10.6. The topological polar surface area (TPSA) is 0 Å². The van der Waals surface area contributed by atoms with Gasteiger partial charge in [-0.2, -0.15) is 0 Å². The molecule has 0 saturated carbocycles. The average molecular weight is 1010 g/mol. The van der Waals surface area contributed by atoms with E-state index >= 15 is 0 Å². The van der Waals surface area contributed by atoms with E-state index in [0.29, 0.717) is 5.92 Å². The van der Waals surface area contributed by atoms with Crippen LogP contribution in [0.4, 0.5) is 0 Å². The predicted molar refractivity (Wildman–Crippen MR) is 331 cm³/mol. The van der Waals surface area contributed by atoms with Gasteiger partial charge in [-0.3, -0.25) is 0 Å². The molecule has 0 unspecified atom stereocenters. The Hall–Kier alpha value is -7.80. The Morgan fingerprint density at radius 1 is 0.182 bits per heavy atom. The maximum Gasteiger partial charge on any atom is 0.0423 e. The molecule has 0 heterocycles. The number of hydrogen-bond acceptors (Lipinski definition) is 0. The molecule has 0 aromatic heterocycles. The van der Waals surface area contributed by atoms with Crippen molar-refractivity contribution >= 4 is 0 Å². The lowest BCUT2D eigenvalue weighted by Gasteiger charge is -2.33. The molecule has 0 spiro atoms. The van der Waals surface area contributed by atoms with Crippen molar-refractivity contribution in [1.29, 1.82) is 0 Å². The summed E-state index contributed by atoms with van der Waals surface area (Å²) in [5, 5.41) is 0. The quantitative estimate of drug-likeness (QED) is 0.113. The first-order valence-electron chi connectivity index (χ1n) is 27.6. The second-order valence-electron chi connectivity index (χ2n) is 22.8. The van der Waals surface area contributed by atoms with Gasteiger partial charge in [-0.15, -0.1) is 0 Å². The van der Waals surface area contributed by atoms with Crippen molar-refractivity contribution in [3.05, 3.63) is 354 Å². The van der Waals surface area contributed by atoms with Gasteiger partial charge in [-0.1, -0.05) is 307 Å². The number of hydrogen-bond donors (Lipinski definition) is 0. The highest BCUT2D eigenvalue weighted by atomic mass is 14.4. The first-order valence-corrected chi connectivity index (χ1v) is 27.6. The number of aryl methyl sites for hydroxylation is 9. The molecule has 0 N–H and O–H groups in total. The second-order valence-corrected chi connectivity index (χ2v) is 22.8. The Kier molecular flexibility index (Phi) is 17.3. The van der Waals surface area contributed by atoms with Crippen LogP contribution in [-0.2, 0) is 16.2 Å². The number of rotatable bonds is 11. The molecule has 0 heteroatoms. The molecule has 0 bridgehead atoms. The molecule has 10 aromatic rings. The lowest BCUT2D eigenvalue weighted by molar-refractivity contribution is 0.637. The van der Waals surface area contributed by atoms with Crippen molar-refractivity contribution in [3.63, 3.8) is 0 Å². The molecule has 10 aromatic carbocycles. The molecule has 0 aliphatic carbocycles. The van der Waals surface area contributed by atoms with Gasteiger partial charge in [0.25, 0.3) is 0 Å². The molecule has 0 aliphatic heterocycles. The zero-order valence-corrected chi connectivity index (χ0v) is 48.2. The van der Waals surface area contributed by atoms with E-state index in [1.807, 2.05) is 0 Å². The summed E-state index contributed by atoms with van der Waals surface area (Å²) in [5.74, 6) is 0.293. The summed E-state index contributed by atoms with van der Waals surface area (Å²) in [6, 6.07) is 89.7. The van der Waals surface area contributed by atoms with Gasteiger partial charge in [0.2, 0.25) is 0 Å². The van der Waals surface area contributed by atoms with E-state index in [-0.39, 0.29) is 16.2 Å². The highest BCUT2D eigenvalue weighted by Crippen LogP contribution is 2.42. The van der Waals surface area contributed by atoms with Crippen LogP contribution in [0.3, 0.4) is 0 Å². The van der Waals surface area contributed by atoms with Gasteiger partial charge < -0.3 is 0 Å². The van der Waals surface area contributed by atoms with Crippen LogP contribution in [0.25, 0.3) is 0 Å². The van der Waals surface area contributed by atoms with Crippen LogP contribution >= 0.6 is 0 Å². The van der Waals surface area contributed by atoms with Gasteiger partial charge in [0.15, 0.2) is 0 Å². The van der Waals surface area contributed by atoms with Crippen molar-refractivity contribution in [2.45, 2.75) is 112 Å². The van der Waals surface area contributed by atoms with Gasteiger partial charge in [0, 0.05) is 22.2 Å². The minimum atomic E-state index is -0.214. The third-order valence-corrected chi connectivity index (χ3v) is 16.3. The van der Waals surface area contributed by atoms with Crippen molar-refractivity contribution in [1.82, 2.24) is 0 Å². The Balaban J connectivity index is 0.000000157. The highest BCUT2D eigenvalue weighted by molar-refractivity contribution is 5.54. The highest BCUT2D eigenvalue weighted by Gasteiger charge is 2.33. The largest absolute Gasteiger partial charge is 0.0590 e. The standard InChI is InChI=1S/C32H34.C23H24.C22H22/c1-23-7-13-26(14-8-23)31(4,5)27-19-21-30(22-20-27)32(6,28-15-9-24(2)10-16-28)29-17-11-25(3)12-18-29;1-17-5-11-20(12-6-17)23(4,21-13-7-18(2)8-14-21)22-15-9-19(3)10-16-22;1-16-4-10-19(11-5-16)22(20-12-6-17(2)7-13-20)21-14-8-18(3)9-15-21/h7-22H,1-6H3;5-16H,1-4H3;4-15,22H,1-3H3. The van der Waals surface area contributed by atoms with E-state index < -0.39 is 0 Å². The summed E-state index contributed by atoms with van der Waals surface area (Å²) in [7, 11) is 0. The zero-order valence-electron chi connectivity index (χ0n) is 48.2. The lowest BCUT2D eigenvalue weighted by Crippen LogP contribution is -2.26. The molecular formula is C77H80. The van der Waals surface area contributed by atoms with E-state index in [4.69, 9.17) is 0 Å². The van der Waals surface area contributed by atoms with Crippen molar-refractivity contribution in [3.8, 4) is 0 Å². The Labute approximate surface area is 463 Å². The van der Waals surface area contributed by atoms with E-state index in [0.717, 1.165) is 0 Å². The predicted octanol–water partition coefficient (Wildman–Crippen LogP) is 20.1. The molecule has 388 valence electrons. The fourth-order valence-corrected chi connectivity index (χ4v) is 10.6. The van der Waals surface area contributed by atoms with Crippen molar-refractivity contribution in [2.24, 2.45) is 0 Å². The molecule has 0 fully saturated rings. The third-order valence-electron chi connectivity index (χ3n) is 16.3. The maximum absolute atomic E-state index is 2.35. The van der Waals surface area contributed by atoms with Crippen LogP contribution in [-0.4, -0.2) is 0 Å². The third kappa shape index (κ3) is 12.9. The summed E-state index contributed by atoms with van der Waals surface area (Å²) in [6.07, 6.45) is 0. The smallest absolute Gasteiger partial charge is 0.0423 e. The average Bonchev–Trinajstić information content (AvgIpc) is 3.45. The minimum Gasteiger partial charge on any atom is -0.0590 e. The summed E-state index contributed by atoms with van der Waals surface area (Å²) >= 11 is 0. The van der Waals surface area contributed by atoms with E-state index in [1.54, 1.807) is 0 Å². The van der Waals surface area contributed by atoms with E-state index in [1.165, 1.54) is 111 Å². The van der Waals surface area contributed by atoms with Crippen molar-refractivity contribution < 1.29 is 0 Å². The Bertz CT molecular complexity index is 3160. The van der Waals surface area contributed by atoms with E-state index in [9.17, 15) is 0 Å². The van der Waals surface area contributed by atoms with Crippen LogP contribution in [0, 0.1) is 62.3 Å². The summed E-state index contributed by atoms with van der Waals surface area (Å²) in [4.78, 5) is 0. The molecule has 77 heavy (non-hydrogen) atoms. The maximum atomic E-state index is 2.35. The van der Waals surface area contributed by atoms with Gasteiger partial charge in [-0.05, 0) is 137 Å². The molecule has 10 rings (SSSR count). The molecule has 0 atom stereocenters. The SMILES string of the molecule is Cc1ccc(C(C)(C)c2ccc(C(C)(c3ccc(C)cc3)c3ccc(C)cc3)cc2)cc1.Cc1ccc(C(C)(c2ccc(C)cc2)c2ccc(C)cc2)cc1.Cc1ccc(C(c2ccc(C)cc2)c2ccc(C)cc2)cc1. The van der Waals surface area contributed by atoms with Gasteiger partial charge >= 0.3 is 0 Å². The van der Waals surface area contributed by atoms with Gasteiger partial charge in [0.1, 0.15) is 0 Å². The first kappa shape index (κ1) is 55.4. The molecular weight excluding hydrogens is 925 g/mol. The summed E-state index contributed by atoms with van der Waals surface area (Å²) in [6.45, 7) is 28.6. The van der Waals surface area contributed by atoms with Crippen LogP contribution in [0.15, 0.2) is 243 Å². The van der Waals surface area contributed by atoms with Crippen molar-refractivity contribution in [2.75, 3.05) is 0 Å². The van der Waals surface area contributed by atoms with Crippen LogP contribution in [0.1, 0.15) is 145 Å². The molecule has 0 radical (unpaired) electrons. The van der Waals surface area contributed by atoms with Gasteiger partial charge in [0.05, 0.1) is 0 Å². The molecule has 0 saturated heterocycles. The minimum absolute atomic E-state index is 0.0453.